The van der Waals surface area contributed by atoms with Crippen molar-refractivity contribution in [3.63, 3.8) is 0 Å². The maximum atomic E-state index is 13.5. The number of β-lactam (4-membered cyclic amide) rings is 1. The quantitative estimate of drug-likeness (QED) is 0.0633. The van der Waals surface area contributed by atoms with Crippen LogP contribution >= 0.6 is 35.3 Å². The largest absolute Gasteiger partial charge is 0.477 e. The Labute approximate surface area is 222 Å². The number of amides is 2. The minimum atomic E-state index is -1.70. The van der Waals surface area contributed by atoms with Crippen molar-refractivity contribution >= 4 is 74.9 Å². The Morgan fingerprint density at radius 2 is 2.27 bits per heavy atom. The molecule has 2 aromatic rings. The summed E-state index contributed by atoms with van der Waals surface area (Å²) in [5, 5.41) is 29.7. The highest BCUT2D eigenvalue weighted by molar-refractivity contribution is 8.00. The van der Waals surface area contributed by atoms with E-state index in [1.165, 1.54) is 27.9 Å². The van der Waals surface area contributed by atoms with E-state index in [4.69, 9.17) is 28.5 Å². The average Bonchev–Trinajstić information content (AvgIpc) is 3.52. The van der Waals surface area contributed by atoms with Gasteiger partial charge in [0, 0.05) is 28.6 Å². The van der Waals surface area contributed by atoms with Crippen molar-refractivity contribution in [3.05, 3.63) is 35.3 Å². The van der Waals surface area contributed by atoms with Crippen molar-refractivity contribution < 1.29 is 24.3 Å². The van der Waals surface area contributed by atoms with Crippen molar-refractivity contribution in [3.8, 4) is 0 Å². The van der Waals surface area contributed by atoms with Crippen LogP contribution in [0.1, 0.15) is 11.5 Å². The molecule has 4 rings (SSSR count). The lowest BCUT2D eigenvalue weighted by molar-refractivity contribution is -0.153. The Bertz CT molecular complexity index is 1340. The number of tetrazole rings is 1. The number of nitrogen functional groups attached to an aromatic ring is 1. The van der Waals surface area contributed by atoms with E-state index < -0.39 is 28.7 Å². The summed E-state index contributed by atoms with van der Waals surface area (Å²) in [5.74, 6) is -2.63. The first-order valence-electron chi connectivity index (χ1n) is 10.5. The van der Waals surface area contributed by atoms with Gasteiger partial charge in [0.15, 0.2) is 22.2 Å². The van der Waals surface area contributed by atoms with Crippen molar-refractivity contribution in [1.29, 1.82) is 0 Å². The number of carbonyl (C=O) groups is 3. The highest BCUT2D eigenvalue weighted by atomic mass is 32.2. The Morgan fingerprint density at radius 3 is 2.89 bits per heavy atom. The van der Waals surface area contributed by atoms with Gasteiger partial charge < -0.3 is 26.7 Å². The van der Waals surface area contributed by atoms with Crippen LogP contribution in [0.2, 0.25) is 0 Å². The Kier molecular flexibility index (Phi) is 7.62. The summed E-state index contributed by atoms with van der Waals surface area (Å²) in [6.07, 6.45) is 1.43. The molecule has 2 atom stereocenters. The number of thiocarbonyl (C=S) groups is 1. The molecule has 0 aliphatic carbocycles. The number of nitrogens with zero attached hydrogens (tertiary/aromatic N) is 7. The van der Waals surface area contributed by atoms with Gasteiger partial charge in [-0.3, -0.25) is 14.5 Å². The molecule has 0 bridgehead atoms. The second-order valence-electron chi connectivity index (χ2n) is 7.52. The SMILES string of the molecule is C=CCON=C(C(=O)NC1(C=S)C(=O)N2C(C(=O)O)=C(c3nnnn3CCN)CS[C@H]21)c1csc(N)n1. The molecular weight excluding hydrogens is 544 g/mol. The van der Waals surface area contributed by atoms with Crippen molar-refractivity contribution in [1.82, 2.24) is 35.4 Å². The van der Waals surface area contributed by atoms with Gasteiger partial charge in [-0.25, -0.2) is 14.5 Å². The normalized spacial score (nSPS) is 21.2. The third-order valence-corrected chi connectivity index (χ3v) is 7.69. The molecule has 18 heteroatoms. The van der Waals surface area contributed by atoms with Gasteiger partial charge in [-0.15, -0.1) is 28.2 Å². The number of thiazole rings is 1. The fourth-order valence-corrected chi connectivity index (χ4v) is 6.06. The summed E-state index contributed by atoms with van der Waals surface area (Å²) in [5.41, 5.74) is 9.40. The molecule has 2 aromatic heterocycles. The van der Waals surface area contributed by atoms with E-state index in [1.807, 2.05) is 0 Å². The maximum absolute atomic E-state index is 13.5. The molecule has 4 heterocycles. The lowest BCUT2D eigenvalue weighted by atomic mass is 9.87. The molecule has 37 heavy (non-hydrogen) atoms. The van der Waals surface area contributed by atoms with Crippen LogP contribution in [0.3, 0.4) is 0 Å². The number of hydrogen-bond acceptors (Lipinski definition) is 14. The predicted octanol–water partition coefficient (Wildman–Crippen LogP) is -1.16. The number of rotatable bonds is 11. The first-order chi connectivity index (χ1) is 17.8. The zero-order valence-corrected chi connectivity index (χ0v) is 21.4. The molecule has 1 unspecified atom stereocenters. The van der Waals surface area contributed by atoms with Crippen LogP contribution in [0.25, 0.3) is 5.57 Å². The van der Waals surface area contributed by atoms with Gasteiger partial charge in [-0.1, -0.05) is 30.0 Å². The van der Waals surface area contributed by atoms with Gasteiger partial charge in [0.1, 0.15) is 23.4 Å². The first-order valence-corrected chi connectivity index (χ1v) is 12.9. The number of nitrogens with two attached hydrogens (primary N) is 2. The third-order valence-electron chi connectivity index (χ3n) is 5.29. The van der Waals surface area contributed by atoms with Crippen LogP contribution in [-0.2, 0) is 25.8 Å². The number of aliphatic carboxylic acids is 1. The second kappa shape index (κ2) is 10.7. The minimum absolute atomic E-state index is 0.0130. The number of hydrogen-bond donors (Lipinski definition) is 4. The summed E-state index contributed by atoms with van der Waals surface area (Å²) in [6, 6.07) is 0. The van der Waals surface area contributed by atoms with Gasteiger partial charge in [-0.05, 0) is 10.4 Å². The number of thioether (sulfide) groups is 1. The number of nitrogens with one attached hydrogen (secondary N) is 1. The number of aromatic nitrogens is 5. The molecule has 0 saturated carbocycles. The topological polar surface area (TPSA) is 217 Å². The fraction of sp³-hybridized carbons (Fsp3) is 0.316. The lowest BCUT2D eigenvalue weighted by Crippen LogP contribution is -2.80. The molecule has 2 aliphatic heterocycles. The number of carboxylic acid groups (broad SMARTS) is 1. The van der Waals surface area contributed by atoms with Gasteiger partial charge in [0.2, 0.25) is 0 Å². The smallest absolute Gasteiger partial charge is 0.353 e. The van der Waals surface area contributed by atoms with Crippen LogP contribution in [0.5, 0.6) is 0 Å². The molecule has 1 saturated heterocycles. The number of fused-ring (bicyclic) bond motifs is 1. The zero-order valence-electron chi connectivity index (χ0n) is 18.9. The number of carboxylic acids is 1. The molecule has 0 spiro atoms. The van der Waals surface area contributed by atoms with Crippen LogP contribution in [-0.4, -0.2) is 93.9 Å². The van der Waals surface area contributed by atoms with E-state index in [-0.39, 0.29) is 59.1 Å². The average molecular weight is 565 g/mol. The molecule has 2 aliphatic rings. The molecular formula is C19H20N10O5S3. The molecule has 194 valence electrons. The van der Waals surface area contributed by atoms with Gasteiger partial charge in [0.25, 0.3) is 11.8 Å². The first kappa shape index (κ1) is 26.3. The van der Waals surface area contributed by atoms with E-state index in [0.717, 1.165) is 21.6 Å². The van der Waals surface area contributed by atoms with Gasteiger partial charge in [-0.2, -0.15) is 0 Å². The zero-order chi connectivity index (χ0) is 26.7. The van der Waals surface area contributed by atoms with Crippen LogP contribution in [0.4, 0.5) is 5.13 Å². The maximum Gasteiger partial charge on any atom is 0.353 e. The van der Waals surface area contributed by atoms with E-state index in [9.17, 15) is 19.5 Å². The predicted molar refractivity (Wildman–Crippen MR) is 138 cm³/mol. The molecule has 15 nitrogen and oxygen atoms in total. The highest BCUT2D eigenvalue weighted by Crippen LogP contribution is 2.47. The molecule has 6 N–H and O–H groups in total. The second-order valence-corrected chi connectivity index (χ2v) is 9.72. The van der Waals surface area contributed by atoms with E-state index in [0.29, 0.717) is 0 Å². The monoisotopic (exact) mass is 564 g/mol. The minimum Gasteiger partial charge on any atom is -0.477 e. The summed E-state index contributed by atoms with van der Waals surface area (Å²) in [4.78, 5) is 49.2. The van der Waals surface area contributed by atoms with Crippen LogP contribution in [0.15, 0.2) is 28.9 Å². The summed E-state index contributed by atoms with van der Waals surface area (Å²) >= 11 is 7.43. The van der Waals surface area contributed by atoms with Crippen molar-refractivity contribution in [2.45, 2.75) is 17.5 Å². The molecule has 2 amide bonds. The summed E-state index contributed by atoms with van der Waals surface area (Å²) < 4.78 is 1.36. The molecule has 0 radical (unpaired) electrons. The summed E-state index contributed by atoms with van der Waals surface area (Å²) in [7, 11) is 0. The number of carbonyl (C=O) groups excluding carboxylic acids is 2. The van der Waals surface area contributed by atoms with Gasteiger partial charge in [0.05, 0.1) is 6.54 Å². The third kappa shape index (κ3) is 4.59. The van der Waals surface area contributed by atoms with Crippen LogP contribution < -0.4 is 16.8 Å². The van der Waals surface area contributed by atoms with E-state index in [1.54, 1.807) is 0 Å². The van der Waals surface area contributed by atoms with Gasteiger partial charge >= 0.3 is 5.97 Å². The highest BCUT2D eigenvalue weighted by Gasteiger charge is 2.65. The Hall–Kier alpha value is -3.74. The van der Waals surface area contributed by atoms with Crippen molar-refractivity contribution in [2.24, 2.45) is 10.9 Å². The molecule has 1 fully saturated rings. The van der Waals surface area contributed by atoms with Crippen LogP contribution in [0, 0.1) is 0 Å². The van der Waals surface area contributed by atoms with E-state index in [2.05, 4.69) is 37.6 Å². The Balaban J connectivity index is 1.67. The lowest BCUT2D eigenvalue weighted by Gasteiger charge is -2.55. The molecule has 0 aromatic carbocycles. The standard InChI is InChI=1S/C19H20N10O5S3/c1-2-5-34-25-11(10-7-37-18(21)22-10)14(30)23-19(8-35)16(33)29-12(15(31)32)9(6-36-17(19)29)13-24-26-27-28(13)4-3-20/h2,7-8,17H,1,3-6,20H2,(H2,21,22)(H,23,30)(H,31,32)/t17-,19?/m0/s1. The number of oxime groups is 1. The number of anilines is 1. The fourth-order valence-electron chi connectivity index (χ4n) is 3.70. The Morgan fingerprint density at radius 1 is 1.49 bits per heavy atom. The van der Waals surface area contributed by atoms with E-state index >= 15 is 0 Å². The van der Waals surface area contributed by atoms with Crippen molar-refractivity contribution in [2.75, 3.05) is 24.6 Å². The summed E-state index contributed by atoms with van der Waals surface area (Å²) in [6.45, 7) is 4.00.